The summed E-state index contributed by atoms with van der Waals surface area (Å²) in [5, 5.41) is 3.15. The standard InChI is InChI=1S/C19H25N3O2S/c1-14-20-16(11-25-14)10-24-13-19-7-3-5-15(19)9-22(12-19)18(23)17-6-4-8-21(17)2/h4,6,8,11,15H,3,5,7,9-10,12-13H2,1-2H3/t15-,19+/m1/s1. The number of ether oxygens (including phenoxy) is 1. The lowest BCUT2D eigenvalue weighted by Gasteiger charge is -2.28. The normalized spacial score (nSPS) is 25.5. The van der Waals surface area contributed by atoms with Crippen molar-refractivity contribution in [2.24, 2.45) is 18.4 Å². The van der Waals surface area contributed by atoms with E-state index >= 15 is 0 Å². The van der Waals surface area contributed by atoms with Crippen molar-refractivity contribution in [3.8, 4) is 0 Å². The van der Waals surface area contributed by atoms with Gasteiger partial charge in [-0.15, -0.1) is 11.3 Å². The molecule has 4 rings (SSSR count). The van der Waals surface area contributed by atoms with Gasteiger partial charge in [-0.3, -0.25) is 4.79 Å². The van der Waals surface area contributed by atoms with Crippen LogP contribution < -0.4 is 0 Å². The SMILES string of the molecule is Cc1nc(COC[C@@]23CCC[C@@H]2CN(C(=O)c2cccn2C)C3)cs1. The maximum absolute atomic E-state index is 12.9. The van der Waals surface area contributed by atoms with Crippen molar-refractivity contribution in [2.45, 2.75) is 32.8 Å². The fourth-order valence-electron chi connectivity index (χ4n) is 4.48. The lowest BCUT2D eigenvalue weighted by Crippen LogP contribution is -2.35. The Morgan fingerprint density at radius 3 is 3.12 bits per heavy atom. The van der Waals surface area contributed by atoms with Gasteiger partial charge in [-0.1, -0.05) is 6.42 Å². The zero-order valence-electron chi connectivity index (χ0n) is 14.9. The van der Waals surface area contributed by atoms with Crippen LogP contribution in [0.1, 0.15) is 40.5 Å². The van der Waals surface area contributed by atoms with Crippen LogP contribution >= 0.6 is 11.3 Å². The number of rotatable bonds is 5. The molecule has 2 atom stereocenters. The number of aromatic nitrogens is 2. The monoisotopic (exact) mass is 359 g/mol. The van der Waals surface area contributed by atoms with E-state index in [1.807, 2.05) is 41.8 Å². The Morgan fingerprint density at radius 1 is 1.52 bits per heavy atom. The molecule has 0 spiro atoms. The maximum Gasteiger partial charge on any atom is 0.270 e. The molecule has 1 aliphatic carbocycles. The molecule has 0 radical (unpaired) electrons. The summed E-state index contributed by atoms with van der Waals surface area (Å²) in [6.45, 7) is 5.00. The molecule has 5 nitrogen and oxygen atoms in total. The van der Waals surface area contributed by atoms with E-state index in [-0.39, 0.29) is 11.3 Å². The van der Waals surface area contributed by atoms with Gasteiger partial charge in [0.2, 0.25) is 0 Å². The van der Waals surface area contributed by atoms with Crippen molar-refractivity contribution < 1.29 is 9.53 Å². The van der Waals surface area contributed by atoms with Gasteiger partial charge in [-0.05, 0) is 37.8 Å². The third kappa shape index (κ3) is 3.13. The van der Waals surface area contributed by atoms with Crippen molar-refractivity contribution in [3.05, 3.63) is 40.1 Å². The molecule has 1 saturated carbocycles. The lowest BCUT2D eigenvalue weighted by atomic mass is 9.81. The average Bonchev–Trinajstić information content (AvgIpc) is 3.31. The second-order valence-corrected chi connectivity index (χ2v) is 8.55. The number of amides is 1. The number of likely N-dealkylation sites (tertiary alicyclic amines) is 1. The van der Waals surface area contributed by atoms with Crippen LogP contribution in [0.3, 0.4) is 0 Å². The highest BCUT2D eigenvalue weighted by atomic mass is 32.1. The van der Waals surface area contributed by atoms with E-state index in [4.69, 9.17) is 4.74 Å². The summed E-state index contributed by atoms with van der Waals surface area (Å²) in [6, 6.07) is 3.84. The van der Waals surface area contributed by atoms with Gasteiger partial charge in [0, 0.05) is 37.1 Å². The van der Waals surface area contributed by atoms with Crippen LogP contribution in [0, 0.1) is 18.3 Å². The first-order valence-corrected chi connectivity index (χ1v) is 9.85. The summed E-state index contributed by atoms with van der Waals surface area (Å²) in [5.74, 6) is 0.713. The highest BCUT2D eigenvalue weighted by Crippen LogP contribution is 2.49. The van der Waals surface area contributed by atoms with Gasteiger partial charge in [-0.25, -0.2) is 4.98 Å². The van der Waals surface area contributed by atoms with Gasteiger partial charge < -0.3 is 14.2 Å². The number of hydrogen-bond acceptors (Lipinski definition) is 4. The quantitative estimate of drug-likeness (QED) is 0.823. The molecule has 0 unspecified atom stereocenters. The van der Waals surface area contributed by atoms with Crippen molar-refractivity contribution in [1.82, 2.24) is 14.5 Å². The number of nitrogens with zero attached hydrogens (tertiary/aromatic N) is 3. The minimum Gasteiger partial charge on any atom is -0.374 e. The second kappa shape index (κ2) is 6.57. The van der Waals surface area contributed by atoms with Gasteiger partial charge in [0.05, 0.1) is 23.9 Å². The summed E-state index contributed by atoms with van der Waals surface area (Å²) >= 11 is 1.66. The van der Waals surface area contributed by atoms with Crippen molar-refractivity contribution in [1.29, 1.82) is 0 Å². The first-order valence-electron chi connectivity index (χ1n) is 8.97. The first-order chi connectivity index (χ1) is 12.1. The Balaban J connectivity index is 1.41. The molecule has 1 aliphatic heterocycles. The molecule has 25 heavy (non-hydrogen) atoms. The summed E-state index contributed by atoms with van der Waals surface area (Å²) in [4.78, 5) is 19.4. The molecule has 2 aliphatic rings. The maximum atomic E-state index is 12.9. The Hall–Kier alpha value is -1.66. The van der Waals surface area contributed by atoms with E-state index in [1.165, 1.54) is 12.8 Å². The molecule has 2 aromatic heterocycles. The smallest absolute Gasteiger partial charge is 0.270 e. The van der Waals surface area contributed by atoms with E-state index in [0.29, 0.717) is 12.5 Å². The minimum absolute atomic E-state index is 0.131. The van der Waals surface area contributed by atoms with Crippen LogP contribution in [0.4, 0.5) is 0 Å². The molecule has 0 N–H and O–H groups in total. The van der Waals surface area contributed by atoms with Gasteiger partial charge in [0.1, 0.15) is 5.69 Å². The molecule has 2 fully saturated rings. The topological polar surface area (TPSA) is 47.4 Å². The molecule has 2 aromatic rings. The molecule has 3 heterocycles. The van der Waals surface area contributed by atoms with Crippen LogP contribution in [0.2, 0.25) is 0 Å². The zero-order valence-corrected chi connectivity index (χ0v) is 15.7. The lowest BCUT2D eigenvalue weighted by molar-refractivity contribution is 0.0253. The Kier molecular flexibility index (Phi) is 4.41. The van der Waals surface area contributed by atoms with Gasteiger partial charge >= 0.3 is 0 Å². The number of aryl methyl sites for hydroxylation is 2. The minimum atomic E-state index is 0.131. The predicted octanol–water partition coefficient (Wildman–Crippen LogP) is 3.25. The summed E-state index contributed by atoms with van der Waals surface area (Å²) in [7, 11) is 1.93. The summed E-state index contributed by atoms with van der Waals surface area (Å²) < 4.78 is 7.97. The number of thiazole rings is 1. The van der Waals surface area contributed by atoms with Crippen LogP contribution in [-0.4, -0.2) is 40.1 Å². The van der Waals surface area contributed by atoms with Crippen molar-refractivity contribution >= 4 is 17.2 Å². The van der Waals surface area contributed by atoms with Gasteiger partial charge in [0.25, 0.3) is 5.91 Å². The van der Waals surface area contributed by atoms with Crippen molar-refractivity contribution in [2.75, 3.05) is 19.7 Å². The fraction of sp³-hybridized carbons (Fsp3) is 0.579. The second-order valence-electron chi connectivity index (χ2n) is 7.49. The number of fused-ring (bicyclic) bond motifs is 1. The molecule has 6 heteroatoms. The number of carbonyl (C=O) groups is 1. The molecule has 1 amide bonds. The zero-order chi connectivity index (χ0) is 17.4. The molecular weight excluding hydrogens is 334 g/mol. The Labute approximate surface area is 152 Å². The summed E-state index contributed by atoms with van der Waals surface area (Å²) in [5.41, 5.74) is 1.92. The number of carbonyl (C=O) groups excluding carboxylic acids is 1. The average molecular weight is 359 g/mol. The molecule has 0 bridgehead atoms. The van der Waals surface area contributed by atoms with E-state index in [1.54, 1.807) is 11.3 Å². The van der Waals surface area contributed by atoms with E-state index in [2.05, 4.69) is 10.4 Å². The highest BCUT2D eigenvalue weighted by molar-refractivity contribution is 7.09. The predicted molar refractivity (Wildman–Crippen MR) is 97.6 cm³/mol. The molecule has 1 saturated heterocycles. The van der Waals surface area contributed by atoms with E-state index in [0.717, 1.165) is 42.5 Å². The fourth-order valence-corrected chi connectivity index (χ4v) is 5.08. The Morgan fingerprint density at radius 2 is 2.40 bits per heavy atom. The van der Waals surface area contributed by atoms with E-state index < -0.39 is 0 Å². The van der Waals surface area contributed by atoms with E-state index in [9.17, 15) is 4.79 Å². The van der Waals surface area contributed by atoms with Gasteiger partial charge in [0.15, 0.2) is 0 Å². The molecule has 0 aromatic carbocycles. The third-order valence-corrected chi connectivity index (χ3v) is 6.62. The van der Waals surface area contributed by atoms with Crippen LogP contribution in [0.15, 0.2) is 23.7 Å². The van der Waals surface area contributed by atoms with Crippen LogP contribution in [0.25, 0.3) is 0 Å². The van der Waals surface area contributed by atoms with Gasteiger partial charge in [-0.2, -0.15) is 0 Å². The molecular formula is C19H25N3O2S. The van der Waals surface area contributed by atoms with Crippen LogP contribution in [0.5, 0.6) is 0 Å². The third-order valence-electron chi connectivity index (χ3n) is 5.80. The van der Waals surface area contributed by atoms with Crippen LogP contribution in [-0.2, 0) is 18.4 Å². The largest absolute Gasteiger partial charge is 0.374 e. The Bertz CT molecular complexity index is 768. The number of hydrogen-bond donors (Lipinski definition) is 0. The summed E-state index contributed by atoms with van der Waals surface area (Å²) in [6.07, 6.45) is 5.54. The first kappa shape index (κ1) is 16.8. The van der Waals surface area contributed by atoms with Crippen molar-refractivity contribution in [3.63, 3.8) is 0 Å². The highest BCUT2D eigenvalue weighted by Gasteiger charge is 2.51. The molecule has 134 valence electrons.